The van der Waals surface area contributed by atoms with Gasteiger partial charge in [0, 0.05) is 11.6 Å². The molecule has 4 N–H and O–H groups in total. The van der Waals surface area contributed by atoms with Crippen LogP contribution in [-0.4, -0.2) is 34.3 Å². The normalized spacial score (nSPS) is 20.5. The fourth-order valence-electron chi connectivity index (χ4n) is 1.12. The average molecular weight is 274 g/mol. The van der Waals surface area contributed by atoms with E-state index in [4.69, 9.17) is 20.1 Å². The molecule has 0 unspecified atom stereocenters. The molecule has 0 atom stereocenters. The smallest absolute Gasteiger partial charge is 0.427 e. The van der Waals surface area contributed by atoms with Crippen molar-refractivity contribution < 1.29 is 37.2 Å². The van der Waals surface area contributed by atoms with Crippen LogP contribution in [0, 0.1) is 63.0 Å². The third-order valence-corrected chi connectivity index (χ3v) is 1.97. The maximum absolute atomic E-state index is 8.47. The topological polar surface area (TPSA) is 80.9 Å². The SMILES string of the molecule is OB(O)[C]1[CH][CH][CH][CH]1.OB(O)[C]1[CH][CH][CH][CH]1.[Fe+2]. The van der Waals surface area contributed by atoms with Gasteiger partial charge < -0.3 is 20.1 Å². The molecule has 0 amide bonds. The fourth-order valence-corrected chi connectivity index (χ4v) is 1.12. The second kappa shape index (κ2) is 9.42. The van der Waals surface area contributed by atoms with E-state index in [1.807, 2.05) is 0 Å². The Morgan fingerprint density at radius 3 is 0.941 bits per heavy atom. The second-order valence-corrected chi connectivity index (χ2v) is 3.18. The van der Waals surface area contributed by atoms with Gasteiger partial charge in [0.05, 0.1) is 0 Å². The van der Waals surface area contributed by atoms with Gasteiger partial charge >= 0.3 is 31.3 Å². The minimum absolute atomic E-state index is 0. The Morgan fingerprint density at radius 1 is 0.588 bits per heavy atom. The largest absolute Gasteiger partial charge is 2.00 e. The summed E-state index contributed by atoms with van der Waals surface area (Å²) >= 11 is 0. The van der Waals surface area contributed by atoms with Gasteiger partial charge in [0.25, 0.3) is 0 Å². The van der Waals surface area contributed by atoms with Crippen molar-refractivity contribution in [3.8, 4) is 0 Å². The molecule has 2 rings (SSSR count). The van der Waals surface area contributed by atoms with E-state index >= 15 is 0 Å². The fraction of sp³-hybridized carbons (Fsp3) is 0. The molecular weight excluding hydrogens is 262 g/mol. The van der Waals surface area contributed by atoms with Crippen molar-refractivity contribution in [2.45, 2.75) is 0 Å². The first-order valence-electron chi connectivity index (χ1n) is 4.76. The molecule has 0 aliphatic heterocycles. The Balaban J connectivity index is 0.000000284. The van der Waals surface area contributed by atoms with Crippen molar-refractivity contribution in [1.29, 1.82) is 0 Å². The molecule has 0 aromatic rings. The molecule has 2 saturated carbocycles. The molecule has 2 aliphatic rings. The number of hydrogen-bond acceptors (Lipinski definition) is 4. The summed E-state index contributed by atoms with van der Waals surface area (Å²) in [6.07, 6.45) is 13.7. The van der Waals surface area contributed by atoms with Crippen LogP contribution in [0.25, 0.3) is 0 Å². The molecule has 7 heteroatoms. The monoisotopic (exact) mass is 274 g/mol. The molecule has 2 fully saturated rings. The standard InChI is InChI=1S/2C5H6BO2.Fe/c2*7-6(8)5-3-1-2-4-5;/h2*1-4,7-8H;/q;;+2. The summed E-state index contributed by atoms with van der Waals surface area (Å²) in [5.74, 6) is 1.09. The maximum Gasteiger partial charge on any atom is 2.00 e. The van der Waals surface area contributed by atoms with E-state index in [0.717, 1.165) is 0 Å². The Labute approximate surface area is 115 Å². The Bertz CT molecular complexity index is 163. The van der Waals surface area contributed by atoms with Crippen molar-refractivity contribution in [1.82, 2.24) is 0 Å². The Kier molecular flexibility index (Phi) is 9.69. The first-order valence-corrected chi connectivity index (χ1v) is 4.76. The van der Waals surface area contributed by atoms with E-state index in [2.05, 4.69) is 0 Å². The molecule has 0 spiro atoms. The molecule has 0 saturated heterocycles. The molecule has 0 heterocycles. The maximum atomic E-state index is 8.47. The predicted molar refractivity (Wildman–Crippen MR) is 61.3 cm³/mol. The van der Waals surface area contributed by atoms with Crippen LogP contribution in [0.1, 0.15) is 0 Å². The van der Waals surface area contributed by atoms with Gasteiger partial charge in [-0.15, -0.1) is 0 Å². The molecule has 0 bridgehead atoms. The zero-order valence-corrected chi connectivity index (χ0v) is 10.0. The summed E-state index contributed by atoms with van der Waals surface area (Å²) in [4.78, 5) is 0. The van der Waals surface area contributed by atoms with Gasteiger partial charge in [-0.1, -0.05) is 0 Å². The number of hydrogen-bond donors (Lipinski definition) is 4. The van der Waals surface area contributed by atoms with Gasteiger partial charge in [0.2, 0.25) is 0 Å². The predicted octanol–water partition coefficient (Wildman–Crippen LogP) is -1.20. The summed E-state index contributed by atoms with van der Waals surface area (Å²) in [5.41, 5.74) is 0. The van der Waals surface area contributed by atoms with Gasteiger partial charge in [-0.25, -0.2) is 0 Å². The van der Waals surface area contributed by atoms with Crippen LogP contribution >= 0.6 is 0 Å². The minimum atomic E-state index is -1.31. The molecule has 0 aromatic heterocycles. The van der Waals surface area contributed by atoms with Gasteiger partial charge in [0.15, 0.2) is 0 Å². The molecule has 88 valence electrons. The summed E-state index contributed by atoms with van der Waals surface area (Å²) in [7, 11) is -2.63. The third-order valence-electron chi connectivity index (χ3n) is 1.97. The first-order chi connectivity index (χ1) is 7.61. The van der Waals surface area contributed by atoms with E-state index in [1.54, 1.807) is 51.4 Å². The van der Waals surface area contributed by atoms with E-state index in [9.17, 15) is 0 Å². The second-order valence-electron chi connectivity index (χ2n) is 3.18. The van der Waals surface area contributed by atoms with Crippen LogP contribution in [0.4, 0.5) is 0 Å². The van der Waals surface area contributed by atoms with Gasteiger partial charge in [-0.3, -0.25) is 0 Å². The van der Waals surface area contributed by atoms with E-state index in [-0.39, 0.29) is 17.1 Å². The van der Waals surface area contributed by atoms with Crippen molar-refractivity contribution in [2.75, 3.05) is 0 Å². The third kappa shape index (κ3) is 6.84. The van der Waals surface area contributed by atoms with E-state index < -0.39 is 14.2 Å². The van der Waals surface area contributed by atoms with Crippen molar-refractivity contribution in [2.24, 2.45) is 0 Å². The van der Waals surface area contributed by atoms with Crippen LogP contribution in [-0.2, 0) is 17.1 Å². The molecule has 10 radical (unpaired) electrons. The zero-order chi connectivity index (χ0) is 12.0. The van der Waals surface area contributed by atoms with Gasteiger partial charge in [-0.05, 0) is 51.4 Å². The molecular formula is C10H12B2FeO4+2. The molecule has 4 nitrogen and oxygen atoms in total. The van der Waals surface area contributed by atoms with Crippen LogP contribution in [0.3, 0.4) is 0 Å². The Hall–Kier alpha value is 0.489. The van der Waals surface area contributed by atoms with Crippen LogP contribution in [0.2, 0.25) is 0 Å². The quantitative estimate of drug-likeness (QED) is 0.477. The summed E-state index contributed by atoms with van der Waals surface area (Å²) in [6.45, 7) is 0. The first kappa shape index (κ1) is 17.5. The zero-order valence-electron chi connectivity index (χ0n) is 8.92. The average Bonchev–Trinajstić information content (AvgIpc) is 2.93. The van der Waals surface area contributed by atoms with E-state index in [1.165, 1.54) is 0 Å². The van der Waals surface area contributed by atoms with Gasteiger partial charge in [0.1, 0.15) is 0 Å². The number of rotatable bonds is 2. The van der Waals surface area contributed by atoms with Crippen molar-refractivity contribution in [3.05, 3.63) is 63.0 Å². The summed E-state index contributed by atoms with van der Waals surface area (Å²) in [5, 5.41) is 33.9. The summed E-state index contributed by atoms with van der Waals surface area (Å²) < 4.78 is 0. The Morgan fingerprint density at radius 2 is 0.824 bits per heavy atom. The van der Waals surface area contributed by atoms with Crippen molar-refractivity contribution >= 4 is 14.2 Å². The molecule has 2 aliphatic carbocycles. The molecule has 0 aromatic carbocycles. The van der Waals surface area contributed by atoms with Crippen molar-refractivity contribution in [3.63, 3.8) is 0 Å². The minimum Gasteiger partial charge on any atom is -0.427 e. The molecule has 17 heavy (non-hydrogen) atoms. The van der Waals surface area contributed by atoms with E-state index in [0.29, 0.717) is 11.6 Å². The van der Waals surface area contributed by atoms with Crippen LogP contribution in [0.15, 0.2) is 0 Å². The van der Waals surface area contributed by atoms with Crippen LogP contribution in [0.5, 0.6) is 0 Å². The van der Waals surface area contributed by atoms with Gasteiger partial charge in [-0.2, -0.15) is 0 Å². The van der Waals surface area contributed by atoms with Crippen LogP contribution < -0.4 is 0 Å². The summed E-state index contributed by atoms with van der Waals surface area (Å²) in [6, 6.07) is 0.